The Balaban J connectivity index is 2.37. The third kappa shape index (κ3) is 3.97. The average Bonchev–Trinajstić information content (AvgIpc) is 2.54. The summed E-state index contributed by atoms with van der Waals surface area (Å²) in [5, 5.41) is 11.2. The van der Waals surface area contributed by atoms with Gasteiger partial charge in [-0.1, -0.05) is 60.7 Å². The highest BCUT2D eigenvalue weighted by atomic mass is 16.6. The minimum Gasteiger partial charge on any atom is -0.459 e. The van der Waals surface area contributed by atoms with Crippen LogP contribution in [0.1, 0.15) is 18.1 Å². The van der Waals surface area contributed by atoms with E-state index in [4.69, 9.17) is 4.74 Å². The van der Waals surface area contributed by atoms with Gasteiger partial charge < -0.3 is 14.7 Å². The minimum atomic E-state index is -1.82. The molecule has 0 spiro atoms. The number of ether oxygens (including phenoxy) is 1. The Morgan fingerprint density at radius 3 is 1.87 bits per heavy atom. The average molecular weight is 313 g/mol. The predicted molar refractivity (Wildman–Crippen MR) is 90.0 cm³/mol. The standard InChI is InChI=1S/C19H23NO3/c1-15(14-20(2)3)23-18(21)19(22,16-10-6-4-7-11-16)17-12-8-5-9-13-17/h4-13,15,22H,14H2,1-3H3. The van der Waals surface area contributed by atoms with E-state index in [1.54, 1.807) is 48.5 Å². The second-order valence-corrected chi connectivity index (χ2v) is 5.92. The highest BCUT2D eigenvalue weighted by Crippen LogP contribution is 2.31. The molecule has 0 aliphatic rings. The minimum absolute atomic E-state index is 0.323. The number of rotatable bonds is 6. The highest BCUT2D eigenvalue weighted by Gasteiger charge is 2.42. The van der Waals surface area contributed by atoms with Crippen LogP contribution in [0.3, 0.4) is 0 Å². The number of hydrogen-bond acceptors (Lipinski definition) is 4. The van der Waals surface area contributed by atoms with E-state index in [1.807, 2.05) is 38.1 Å². The lowest BCUT2D eigenvalue weighted by Gasteiger charge is -2.29. The number of likely N-dealkylation sites (N-methyl/N-ethyl adjacent to an activating group) is 1. The molecule has 2 aromatic carbocycles. The van der Waals surface area contributed by atoms with Crippen molar-refractivity contribution in [3.63, 3.8) is 0 Å². The Bertz CT molecular complexity index is 586. The molecule has 4 nitrogen and oxygen atoms in total. The molecule has 1 N–H and O–H groups in total. The maximum atomic E-state index is 12.8. The molecule has 1 atom stereocenters. The molecular weight excluding hydrogens is 290 g/mol. The summed E-state index contributed by atoms with van der Waals surface area (Å²) in [5.41, 5.74) is -0.829. The number of carbonyl (C=O) groups excluding carboxylic acids is 1. The van der Waals surface area contributed by atoms with Gasteiger partial charge in [0, 0.05) is 6.54 Å². The van der Waals surface area contributed by atoms with Gasteiger partial charge in [-0.05, 0) is 32.1 Å². The van der Waals surface area contributed by atoms with Crippen LogP contribution in [0.25, 0.3) is 0 Å². The Hall–Kier alpha value is -2.17. The summed E-state index contributed by atoms with van der Waals surface area (Å²) in [6, 6.07) is 17.8. The SMILES string of the molecule is CC(CN(C)C)OC(=O)C(O)(c1ccccc1)c1ccccc1. The zero-order valence-corrected chi connectivity index (χ0v) is 13.8. The van der Waals surface area contributed by atoms with Gasteiger partial charge in [-0.15, -0.1) is 0 Å². The van der Waals surface area contributed by atoms with Crippen molar-refractivity contribution in [2.75, 3.05) is 20.6 Å². The first-order valence-electron chi connectivity index (χ1n) is 7.64. The van der Waals surface area contributed by atoms with Crippen molar-refractivity contribution in [2.24, 2.45) is 0 Å². The molecule has 1 unspecified atom stereocenters. The molecule has 0 fully saturated rings. The van der Waals surface area contributed by atoms with E-state index in [-0.39, 0.29) is 6.10 Å². The first kappa shape index (κ1) is 17.2. The first-order chi connectivity index (χ1) is 10.9. The molecule has 23 heavy (non-hydrogen) atoms. The summed E-state index contributed by atoms with van der Waals surface area (Å²) in [4.78, 5) is 14.7. The molecule has 0 saturated carbocycles. The quantitative estimate of drug-likeness (QED) is 0.832. The van der Waals surface area contributed by atoms with Crippen LogP contribution in [0.5, 0.6) is 0 Å². The number of hydrogen-bond donors (Lipinski definition) is 1. The second kappa shape index (κ2) is 7.40. The van der Waals surface area contributed by atoms with E-state index in [9.17, 15) is 9.90 Å². The van der Waals surface area contributed by atoms with E-state index in [0.29, 0.717) is 17.7 Å². The summed E-state index contributed by atoms with van der Waals surface area (Å²) in [5.74, 6) is -0.663. The fraction of sp³-hybridized carbons (Fsp3) is 0.316. The van der Waals surface area contributed by atoms with E-state index >= 15 is 0 Å². The van der Waals surface area contributed by atoms with Gasteiger partial charge in [0.2, 0.25) is 5.60 Å². The van der Waals surface area contributed by atoms with Gasteiger partial charge in [0.15, 0.2) is 0 Å². The molecule has 4 heteroatoms. The van der Waals surface area contributed by atoms with Crippen LogP contribution in [0.2, 0.25) is 0 Å². The molecule has 2 aromatic rings. The Morgan fingerprint density at radius 2 is 1.48 bits per heavy atom. The Labute approximate surface area is 137 Å². The monoisotopic (exact) mass is 313 g/mol. The number of esters is 1. The fourth-order valence-electron chi connectivity index (χ4n) is 2.58. The van der Waals surface area contributed by atoms with Crippen molar-refractivity contribution in [1.82, 2.24) is 4.90 Å². The zero-order valence-electron chi connectivity index (χ0n) is 13.8. The lowest BCUT2D eigenvalue weighted by atomic mass is 9.86. The summed E-state index contributed by atoms with van der Waals surface area (Å²) in [6.07, 6.45) is -0.323. The largest absolute Gasteiger partial charge is 0.459 e. The molecule has 0 aromatic heterocycles. The predicted octanol–water partition coefficient (Wildman–Crippen LogP) is 2.42. The molecule has 0 radical (unpaired) electrons. The first-order valence-corrected chi connectivity index (χ1v) is 7.64. The molecule has 122 valence electrons. The molecule has 0 bridgehead atoms. The van der Waals surface area contributed by atoms with Gasteiger partial charge in [-0.25, -0.2) is 4.79 Å². The van der Waals surface area contributed by atoms with Crippen LogP contribution in [0.4, 0.5) is 0 Å². The van der Waals surface area contributed by atoms with Crippen molar-refractivity contribution >= 4 is 5.97 Å². The van der Waals surface area contributed by atoms with Gasteiger partial charge in [0.05, 0.1) is 0 Å². The van der Waals surface area contributed by atoms with E-state index in [1.165, 1.54) is 0 Å². The van der Waals surface area contributed by atoms with Crippen molar-refractivity contribution in [3.05, 3.63) is 71.8 Å². The van der Waals surface area contributed by atoms with Crippen LogP contribution in [0, 0.1) is 0 Å². The lowest BCUT2D eigenvalue weighted by molar-refractivity contribution is -0.167. The summed E-state index contributed by atoms with van der Waals surface area (Å²) < 4.78 is 5.50. The maximum Gasteiger partial charge on any atom is 0.348 e. The van der Waals surface area contributed by atoms with Crippen LogP contribution in [-0.4, -0.2) is 42.7 Å². The van der Waals surface area contributed by atoms with Gasteiger partial charge in [0.25, 0.3) is 0 Å². The summed E-state index contributed by atoms with van der Waals surface area (Å²) in [6.45, 7) is 2.40. The number of nitrogens with zero attached hydrogens (tertiary/aromatic N) is 1. The molecule has 0 saturated heterocycles. The molecule has 0 heterocycles. The van der Waals surface area contributed by atoms with E-state index < -0.39 is 11.6 Å². The van der Waals surface area contributed by atoms with Crippen LogP contribution >= 0.6 is 0 Å². The third-order valence-electron chi connectivity index (χ3n) is 3.61. The van der Waals surface area contributed by atoms with Crippen LogP contribution < -0.4 is 0 Å². The van der Waals surface area contributed by atoms with Gasteiger partial charge in [-0.2, -0.15) is 0 Å². The third-order valence-corrected chi connectivity index (χ3v) is 3.61. The summed E-state index contributed by atoms with van der Waals surface area (Å²) in [7, 11) is 3.82. The number of aliphatic hydroxyl groups is 1. The molecule has 0 aliphatic carbocycles. The maximum absolute atomic E-state index is 12.8. The van der Waals surface area contributed by atoms with Crippen molar-refractivity contribution in [3.8, 4) is 0 Å². The molecule has 0 amide bonds. The highest BCUT2D eigenvalue weighted by molar-refractivity contribution is 5.85. The topological polar surface area (TPSA) is 49.8 Å². The van der Waals surface area contributed by atoms with Gasteiger partial charge >= 0.3 is 5.97 Å². The smallest absolute Gasteiger partial charge is 0.348 e. The van der Waals surface area contributed by atoms with Crippen molar-refractivity contribution in [2.45, 2.75) is 18.6 Å². The number of benzene rings is 2. The van der Waals surface area contributed by atoms with Crippen LogP contribution in [0.15, 0.2) is 60.7 Å². The fourth-order valence-corrected chi connectivity index (χ4v) is 2.58. The Kier molecular flexibility index (Phi) is 5.53. The van der Waals surface area contributed by atoms with E-state index in [0.717, 1.165) is 0 Å². The van der Waals surface area contributed by atoms with Gasteiger partial charge in [-0.3, -0.25) is 0 Å². The molecule has 2 rings (SSSR count). The molecular formula is C19H23NO3. The second-order valence-electron chi connectivity index (χ2n) is 5.92. The normalized spacial score (nSPS) is 12.9. The van der Waals surface area contributed by atoms with Crippen LogP contribution in [-0.2, 0) is 15.1 Å². The van der Waals surface area contributed by atoms with E-state index in [2.05, 4.69) is 0 Å². The Morgan fingerprint density at radius 1 is 1.04 bits per heavy atom. The number of carbonyl (C=O) groups is 1. The lowest BCUT2D eigenvalue weighted by Crippen LogP contribution is -2.41. The molecule has 0 aliphatic heterocycles. The zero-order chi connectivity index (χ0) is 16.9. The summed E-state index contributed by atoms with van der Waals surface area (Å²) >= 11 is 0. The van der Waals surface area contributed by atoms with Crippen molar-refractivity contribution in [1.29, 1.82) is 0 Å². The van der Waals surface area contributed by atoms with Crippen molar-refractivity contribution < 1.29 is 14.6 Å². The van der Waals surface area contributed by atoms with Gasteiger partial charge in [0.1, 0.15) is 6.10 Å².